The van der Waals surface area contributed by atoms with Crippen molar-refractivity contribution in [1.82, 2.24) is 0 Å². The van der Waals surface area contributed by atoms with E-state index in [9.17, 15) is 5.11 Å². The van der Waals surface area contributed by atoms with E-state index in [2.05, 4.69) is 6.07 Å². The number of aliphatic hydroxyl groups is 1. The number of rotatable bonds is 5. The molecule has 0 aromatic heterocycles. The number of hydrogen-bond acceptors (Lipinski definition) is 3. The third-order valence-corrected chi connectivity index (χ3v) is 3.23. The van der Waals surface area contributed by atoms with Crippen molar-refractivity contribution in [2.75, 3.05) is 13.7 Å². The maximum Gasteiger partial charge on any atom is 0.119 e. The molecule has 2 rings (SSSR count). The highest BCUT2D eigenvalue weighted by molar-refractivity contribution is 5.39. The first kappa shape index (κ1) is 12.4. The van der Waals surface area contributed by atoms with Crippen molar-refractivity contribution in [3.63, 3.8) is 0 Å². The summed E-state index contributed by atoms with van der Waals surface area (Å²) in [4.78, 5) is 0. The van der Waals surface area contributed by atoms with Crippen LogP contribution < -0.4 is 4.74 Å². The molecule has 2 atom stereocenters. The first-order valence-electron chi connectivity index (χ1n) is 6.17. The van der Waals surface area contributed by atoms with Crippen LogP contribution in [0.5, 0.6) is 5.75 Å². The number of hydrogen-bond donors (Lipinski definition) is 1. The van der Waals surface area contributed by atoms with Crippen molar-refractivity contribution in [2.45, 2.75) is 38.4 Å². The van der Waals surface area contributed by atoms with Gasteiger partial charge < -0.3 is 14.6 Å². The summed E-state index contributed by atoms with van der Waals surface area (Å²) < 4.78 is 10.8. The molecular formula is C14H20O3. The summed E-state index contributed by atoms with van der Waals surface area (Å²) in [7, 11) is 1.70. The summed E-state index contributed by atoms with van der Waals surface area (Å²) in [5.41, 5.74) is 2.27. The van der Waals surface area contributed by atoms with Crippen molar-refractivity contribution in [2.24, 2.45) is 0 Å². The summed E-state index contributed by atoms with van der Waals surface area (Å²) >= 11 is 0. The fourth-order valence-corrected chi connectivity index (χ4v) is 2.22. The van der Waals surface area contributed by atoms with Crippen molar-refractivity contribution >= 4 is 0 Å². The van der Waals surface area contributed by atoms with Crippen molar-refractivity contribution < 1.29 is 14.6 Å². The molecule has 1 aromatic carbocycles. The predicted molar refractivity (Wildman–Crippen MR) is 66.3 cm³/mol. The Bertz CT molecular complexity index is 376. The molecule has 2 unspecified atom stereocenters. The Morgan fingerprint density at radius 3 is 3.06 bits per heavy atom. The van der Waals surface area contributed by atoms with Gasteiger partial charge in [0.1, 0.15) is 5.75 Å². The maximum atomic E-state index is 9.71. The molecule has 0 fully saturated rings. The lowest BCUT2D eigenvalue weighted by molar-refractivity contribution is 0.135. The Morgan fingerprint density at radius 2 is 2.29 bits per heavy atom. The molecule has 1 aromatic rings. The van der Waals surface area contributed by atoms with Crippen LogP contribution in [-0.2, 0) is 11.2 Å². The lowest BCUT2D eigenvalue weighted by Crippen LogP contribution is -2.14. The molecule has 3 heteroatoms. The molecule has 0 radical (unpaired) electrons. The van der Waals surface area contributed by atoms with Crippen LogP contribution >= 0.6 is 0 Å². The molecule has 0 saturated heterocycles. The number of methoxy groups -OCH3 is 1. The molecular weight excluding hydrogens is 216 g/mol. The van der Waals surface area contributed by atoms with Gasteiger partial charge in [0, 0.05) is 20.1 Å². The van der Waals surface area contributed by atoms with Crippen LogP contribution in [-0.4, -0.2) is 24.9 Å². The fraction of sp³-hybridized carbons (Fsp3) is 0.571. The molecule has 94 valence electrons. The van der Waals surface area contributed by atoms with Gasteiger partial charge >= 0.3 is 0 Å². The number of aliphatic hydroxyl groups excluding tert-OH is 1. The Labute approximate surface area is 102 Å². The maximum absolute atomic E-state index is 9.71. The Kier molecular flexibility index (Phi) is 4.02. The van der Waals surface area contributed by atoms with Crippen LogP contribution in [0.25, 0.3) is 0 Å². The zero-order chi connectivity index (χ0) is 12.3. The summed E-state index contributed by atoms with van der Waals surface area (Å²) in [6, 6.07) is 5.97. The lowest BCUT2D eigenvalue weighted by atomic mass is 10.1. The van der Waals surface area contributed by atoms with E-state index in [4.69, 9.17) is 9.47 Å². The molecule has 0 saturated carbocycles. The minimum atomic E-state index is -0.287. The Morgan fingerprint density at radius 1 is 1.47 bits per heavy atom. The van der Waals surface area contributed by atoms with E-state index >= 15 is 0 Å². The van der Waals surface area contributed by atoms with E-state index in [1.165, 1.54) is 5.56 Å². The summed E-state index contributed by atoms with van der Waals surface area (Å²) in [6.45, 7) is 2.76. The largest absolute Gasteiger partial charge is 0.491 e. The molecule has 3 nitrogen and oxygen atoms in total. The van der Waals surface area contributed by atoms with Crippen LogP contribution in [0.3, 0.4) is 0 Å². The molecule has 0 aliphatic heterocycles. The van der Waals surface area contributed by atoms with Crippen molar-refractivity contribution in [1.29, 1.82) is 0 Å². The molecule has 1 N–H and O–H groups in total. The molecule has 0 spiro atoms. The van der Waals surface area contributed by atoms with Gasteiger partial charge in [-0.25, -0.2) is 0 Å². The van der Waals surface area contributed by atoms with Gasteiger partial charge in [-0.2, -0.15) is 0 Å². The second-order valence-corrected chi connectivity index (χ2v) is 4.63. The average Bonchev–Trinajstić information content (AvgIpc) is 2.68. The van der Waals surface area contributed by atoms with E-state index < -0.39 is 0 Å². The van der Waals surface area contributed by atoms with Crippen LogP contribution in [0, 0.1) is 0 Å². The monoisotopic (exact) mass is 236 g/mol. The smallest absolute Gasteiger partial charge is 0.119 e. The third kappa shape index (κ3) is 2.99. The van der Waals surface area contributed by atoms with Crippen molar-refractivity contribution in [3.05, 3.63) is 29.3 Å². The van der Waals surface area contributed by atoms with Crippen LogP contribution in [0.4, 0.5) is 0 Å². The summed E-state index contributed by atoms with van der Waals surface area (Å²) in [5.74, 6) is 0.890. The molecule has 0 amide bonds. The predicted octanol–water partition coefficient (Wildman–Crippen LogP) is 2.47. The Balaban J connectivity index is 1.98. The number of benzene rings is 1. The highest BCUT2D eigenvalue weighted by Gasteiger charge is 2.20. The molecule has 0 heterocycles. The van der Waals surface area contributed by atoms with Gasteiger partial charge in [0.2, 0.25) is 0 Å². The topological polar surface area (TPSA) is 38.7 Å². The lowest BCUT2D eigenvalue weighted by Gasteiger charge is -2.15. The quantitative estimate of drug-likeness (QED) is 0.853. The third-order valence-electron chi connectivity index (χ3n) is 3.23. The second kappa shape index (κ2) is 5.52. The summed E-state index contributed by atoms with van der Waals surface area (Å²) in [5, 5.41) is 9.71. The van der Waals surface area contributed by atoms with Gasteiger partial charge in [0.05, 0.1) is 12.2 Å². The van der Waals surface area contributed by atoms with E-state index in [1.807, 2.05) is 19.1 Å². The standard InChI is InChI=1S/C14H20O3/c1-10(7-8-16-2)17-12-4-5-13-11(9-12)3-6-14(13)15/h4-5,9-10,14-15H,3,6-8H2,1-2H3. The molecule has 17 heavy (non-hydrogen) atoms. The average molecular weight is 236 g/mol. The number of ether oxygens (including phenoxy) is 2. The minimum absolute atomic E-state index is 0.152. The minimum Gasteiger partial charge on any atom is -0.491 e. The fourth-order valence-electron chi connectivity index (χ4n) is 2.22. The van der Waals surface area contributed by atoms with Gasteiger partial charge in [0.15, 0.2) is 0 Å². The van der Waals surface area contributed by atoms with Crippen LogP contribution in [0.15, 0.2) is 18.2 Å². The SMILES string of the molecule is COCCC(C)Oc1ccc2c(c1)CCC2O. The zero-order valence-corrected chi connectivity index (χ0v) is 10.5. The first-order valence-corrected chi connectivity index (χ1v) is 6.17. The van der Waals surface area contributed by atoms with Gasteiger partial charge in [-0.15, -0.1) is 0 Å². The Hall–Kier alpha value is -1.06. The van der Waals surface area contributed by atoms with Crippen molar-refractivity contribution in [3.8, 4) is 5.75 Å². The van der Waals surface area contributed by atoms with Gasteiger partial charge in [-0.1, -0.05) is 6.07 Å². The number of fused-ring (bicyclic) bond motifs is 1. The highest BCUT2D eigenvalue weighted by atomic mass is 16.5. The molecule has 1 aliphatic rings. The highest BCUT2D eigenvalue weighted by Crippen LogP contribution is 2.33. The zero-order valence-electron chi connectivity index (χ0n) is 10.5. The van der Waals surface area contributed by atoms with E-state index in [-0.39, 0.29) is 12.2 Å². The normalized spacial score (nSPS) is 20.1. The van der Waals surface area contributed by atoms with Crippen LogP contribution in [0.2, 0.25) is 0 Å². The number of aryl methyl sites for hydroxylation is 1. The first-order chi connectivity index (χ1) is 8.20. The van der Waals surface area contributed by atoms with Gasteiger partial charge in [-0.3, -0.25) is 0 Å². The molecule has 0 bridgehead atoms. The molecule has 1 aliphatic carbocycles. The second-order valence-electron chi connectivity index (χ2n) is 4.63. The van der Waals surface area contributed by atoms with Gasteiger partial charge in [-0.05, 0) is 43.0 Å². The van der Waals surface area contributed by atoms with Crippen LogP contribution in [0.1, 0.15) is 37.0 Å². The summed E-state index contributed by atoms with van der Waals surface area (Å²) in [6.07, 6.45) is 2.53. The van der Waals surface area contributed by atoms with Gasteiger partial charge in [0.25, 0.3) is 0 Å². The van der Waals surface area contributed by atoms with E-state index in [0.29, 0.717) is 6.61 Å². The van der Waals surface area contributed by atoms with E-state index in [1.54, 1.807) is 7.11 Å². The van der Waals surface area contributed by atoms with E-state index in [0.717, 1.165) is 30.6 Å².